The van der Waals surface area contributed by atoms with E-state index in [0.717, 1.165) is 5.56 Å². The highest BCUT2D eigenvalue weighted by atomic mass is 32.1. The lowest BCUT2D eigenvalue weighted by Crippen LogP contribution is -2.08. The average molecular weight is 162 g/mol. The van der Waals surface area contributed by atoms with Gasteiger partial charge in [-0.2, -0.15) is 0 Å². The van der Waals surface area contributed by atoms with Gasteiger partial charge >= 0.3 is 0 Å². The standard InChI is InChI=1S/C8H6N2S/c1-10-7-4-2-6(3-5-7)8(9)11/h2-5H,(H2,9,11). The van der Waals surface area contributed by atoms with E-state index < -0.39 is 0 Å². The molecule has 0 unspecified atom stereocenters. The summed E-state index contributed by atoms with van der Waals surface area (Å²) in [5, 5.41) is 0. The third kappa shape index (κ3) is 1.76. The molecule has 11 heavy (non-hydrogen) atoms. The Morgan fingerprint density at radius 3 is 2.27 bits per heavy atom. The van der Waals surface area contributed by atoms with Gasteiger partial charge in [0.15, 0.2) is 5.69 Å². The van der Waals surface area contributed by atoms with Crippen LogP contribution in [-0.4, -0.2) is 4.99 Å². The van der Waals surface area contributed by atoms with Crippen LogP contribution < -0.4 is 5.73 Å². The molecule has 1 aromatic rings. The average Bonchev–Trinajstić information content (AvgIpc) is 2.05. The zero-order valence-electron chi connectivity index (χ0n) is 5.74. The fourth-order valence-corrected chi connectivity index (χ4v) is 0.836. The van der Waals surface area contributed by atoms with E-state index in [1.807, 2.05) is 0 Å². The highest BCUT2D eigenvalue weighted by Crippen LogP contribution is 2.11. The summed E-state index contributed by atoms with van der Waals surface area (Å²) in [5.74, 6) is 0. The highest BCUT2D eigenvalue weighted by molar-refractivity contribution is 7.80. The lowest BCUT2D eigenvalue weighted by atomic mass is 10.2. The summed E-state index contributed by atoms with van der Waals surface area (Å²) in [6.07, 6.45) is 0. The van der Waals surface area contributed by atoms with Crippen LogP contribution in [0.4, 0.5) is 5.69 Å². The third-order valence-corrected chi connectivity index (χ3v) is 1.52. The maximum absolute atomic E-state index is 6.68. The molecule has 0 saturated heterocycles. The van der Waals surface area contributed by atoms with E-state index in [9.17, 15) is 0 Å². The van der Waals surface area contributed by atoms with Crippen molar-refractivity contribution in [1.29, 1.82) is 0 Å². The number of thiocarbonyl (C=S) groups is 1. The van der Waals surface area contributed by atoms with E-state index in [2.05, 4.69) is 4.85 Å². The predicted molar refractivity (Wildman–Crippen MR) is 48.6 cm³/mol. The van der Waals surface area contributed by atoms with Crippen LogP contribution in [0.2, 0.25) is 0 Å². The quantitative estimate of drug-likeness (QED) is 0.504. The van der Waals surface area contributed by atoms with E-state index in [-0.39, 0.29) is 0 Å². The molecule has 0 heterocycles. The summed E-state index contributed by atoms with van der Waals surface area (Å²) in [7, 11) is 0. The first-order valence-electron chi connectivity index (χ1n) is 3.01. The van der Waals surface area contributed by atoms with Gasteiger partial charge in [-0.15, -0.1) is 0 Å². The highest BCUT2D eigenvalue weighted by Gasteiger charge is 1.94. The molecule has 0 saturated carbocycles. The molecule has 1 aromatic carbocycles. The third-order valence-electron chi connectivity index (χ3n) is 1.28. The van der Waals surface area contributed by atoms with Crippen molar-refractivity contribution in [2.24, 2.45) is 5.73 Å². The molecule has 0 spiro atoms. The Morgan fingerprint density at radius 1 is 1.36 bits per heavy atom. The molecular formula is C8H6N2S. The van der Waals surface area contributed by atoms with Crippen LogP contribution in [0.1, 0.15) is 5.56 Å². The molecule has 0 aliphatic heterocycles. The Morgan fingerprint density at radius 2 is 1.91 bits per heavy atom. The normalized spacial score (nSPS) is 8.64. The number of hydrogen-bond acceptors (Lipinski definition) is 1. The molecule has 2 N–H and O–H groups in total. The summed E-state index contributed by atoms with van der Waals surface area (Å²) in [4.78, 5) is 3.60. The van der Waals surface area contributed by atoms with Crippen molar-refractivity contribution in [3.8, 4) is 0 Å². The predicted octanol–water partition coefficient (Wildman–Crippen LogP) is 1.87. The van der Waals surface area contributed by atoms with Gasteiger partial charge in [0.05, 0.1) is 6.57 Å². The molecular weight excluding hydrogens is 156 g/mol. The van der Waals surface area contributed by atoms with E-state index in [4.69, 9.17) is 24.5 Å². The maximum Gasteiger partial charge on any atom is 0.187 e. The minimum atomic E-state index is 0.363. The number of benzene rings is 1. The van der Waals surface area contributed by atoms with Crippen molar-refractivity contribution in [2.75, 3.05) is 0 Å². The summed E-state index contributed by atoms with van der Waals surface area (Å²) in [6.45, 7) is 6.68. The molecule has 2 nitrogen and oxygen atoms in total. The summed E-state index contributed by atoms with van der Waals surface area (Å²) < 4.78 is 0. The second kappa shape index (κ2) is 3.13. The van der Waals surface area contributed by atoms with Crippen molar-refractivity contribution in [3.63, 3.8) is 0 Å². The van der Waals surface area contributed by atoms with Crippen LogP contribution in [0.3, 0.4) is 0 Å². The molecule has 0 amide bonds. The first-order chi connectivity index (χ1) is 5.24. The lowest BCUT2D eigenvalue weighted by Gasteiger charge is -1.95. The van der Waals surface area contributed by atoms with E-state index in [1.54, 1.807) is 24.3 Å². The van der Waals surface area contributed by atoms with Gasteiger partial charge in [-0.25, -0.2) is 4.85 Å². The van der Waals surface area contributed by atoms with Gasteiger partial charge in [0.25, 0.3) is 0 Å². The van der Waals surface area contributed by atoms with Crippen molar-refractivity contribution >= 4 is 22.9 Å². The van der Waals surface area contributed by atoms with Crippen LogP contribution in [0.5, 0.6) is 0 Å². The minimum Gasteiger partial charge on any atom is -0.389 e. The summed E-state index contributed by atoms with van der Waals surface area (Å²) in [6, 6.07) is 6.88. The lowest BCUT2D eigenvalue weighted by molar-refractivity contribution is 1.63. The zero-order valence-corrected chi connectivity index (χ0v) is 6.56. The van der Waals surface area contributed by atoms with Gasteiger partial charge in [0, 0.05) is 5.56 Å². The van der Waals surface area contributed by atoms with E-state index in [1.165, 1.54) is 0 Å². The van der Waals surface area contributed by atoms with Crippen LogP contribution in [0.15, 0.2) is 24.3 Å². The molecule has 0 radical (unpaired) electrons. The first kappa shape index (κ1) is 7.70. The minimum absolute atomic E-state index is 0.363. The van der Waals surface area contributed by atoms with Crippen molar-refractivity contribution < 1.29 is 0 Å². The number of hydrogen-bond donors (Lipinski definition) is 1. The summed E-state index contributed by atoms with van der Waals surface area (Å²) in [5.41, 5.74) is 6.76. The van der Waals surface area contributed by atoms with Gasteiger partial charge in [-0.05, 0) is 0 Å². The molecule has 3 heteroatoms. The zero-order chi connectivity index (χ0) is 8.27. The van der Waals surface area contributed by atoms with Crippen molar-refractivity contribution in [2.45, 2.75) is 0 Å². The van der Waals surface area contributed by atoms with Gasteiger partial charge in [0.1, 0.15) is 4.99 Å². The maximum atomic E-state index is 6.68. The first-order valence-corrected chi connectivity index (χ1v) is 3.42. The Kier molecular flexibility index (Phi) is 2.19. The molecule has 54 valence electrons. The topological polar surface area (TPSA) is 30.4 Å². The van der Waals surface area contributed by atoms with E-state index >= 15 is 0 Å². The molecule has 1 rings (SSSR count). The van der Waals surface area contributed by atoms with Crippen molar-refractivity contribution in [1.82, 2.24) is 0 Å². The molecule has 0 atom stereocenters. The van der Waals surface area contributed by atoms with Crippen LogP contribution in [-0.2, 0) is 0 Å². The molecule has 0 aliphatic carbocycles. The molecule has 0 aromatic heterocycles. The number of nitrogens with zero attached hydrogens (tertiary/aromatic N) is 1. The Balaban J connectivity index is 3.03. The Bertz CT molecular complexity index is 308. The second-order valence-electron chi connectivity index (χ2n) is 2.02. The van der Waals surface area contributed by atoms with Gasteiger partial charge in [0.2, 0.25) is 0 Å². The Labute approximate surface area is 70.5 Å². The molecule has 0 aliphatic rings. The second-order valence-corrected chi connectivity index (χ2v) is 2.46. The smallest absolute Gasteiger partial charge is 0.187 e. The monoisotopic (exact) mass is 162 g/mol. The van der Waals surface area contributed by atoms with Crippen LogP contribution in [0, 0.1) is 6.57 Å². The van der Waals surface area contributed by atoms with Crippen LogP contribution >= 0.6 is 12.2 Å². The summed E-state index contributed by atoms with van der Waals surface area (Å²) >= 11 is 4.74. The van der Waals surface area contributed by atoms with Gasteiger partial charge in [-0.3, -0.25) is 0 Å². The van der Waals surface area contributed by atoms with Crippen LogP contribution in [0.25, 0.3) is 4.85 Å². The molecule has 0 fully saturated rings. The molecule has 0 bridgehead atoms. The number of rotatable bonds is 1. The van der Waals surface area contributed by atoms with Crippen molar-refractivity contribution in [3.05, 3.63) is 41.2 Å². The fourth-order valence-electron chi connectivity index (χ4n) is 0.700. The largest absolute Gasteiger partial charge is 0.389 e. The van der Waals surface area contributed by atoms with Gasteiger partial charge in [-0.1, -0.05) is 36.5 Å². The SMILES string of the molecule is [C-]#[N+]c1ccc(C(N)=S)cc1. The fraction of sp³-hybridized carbons (Fsp3) is 0. The number of nitrogens with two attached hydrogens (primary N) is 1. The Hall–Kier alpha value is -1.40. The van der Waals surface area contributed by atoms with E-state index in [0.29, 0.717) is 10.7 Å². The van der Waals surface area contributed by atoms with Gasteiger partial charge < -0.3 is 5.73 Å².